The van der Waals surface area contributed by atoms with Crippen molar-refractivity contribution in [3.8, 4) is 0 Å². The number of hydrogen-bond donors (Lipinski definition) is 3. The van der Waals surface area contributed by atoms with E-state index in [9.17, 15) is 4.79 Å². The van der Waals surface area contributed by atoms with E-state index in [4.69, 9.17) is 10.8 Å². The number of aliphatic hydroxyl groups excluding tert-OH is 1. The highest BCUT2D eigenvalue weighted by Gasteiger charge is 2.11. The highest BCUT2D eigenvalue weighted by atomic mass is 16.3. The van der Waals surface area contributed by atoms with Crippen molar-refractivity contribution in [2.75, 3.05) is 11.9 Å². The van der Waals surface area contributed by atoms with Crippen LogP contribution in [0.4, 0.5) is 5.69 Å². The number of aliphatic hydroxyl groups is 1. The third kappa shape index (κ3) is 4.54. The minimum atomic E-state index is -0.870. The number of rotatable bonds is 5. The van der Waals surface area contributed by atoms with Crippen LogP contribution in [0.5, 0.6) is 0 Å². The fourth-order valence-corrected chi connectivity index (χ4v) is 1.51. The Kier molecular flexibility index (Phi) is 5.12. The molecule has 4 heteroatoms. The number of carbonyl (C=O) groups excluding carboxylic acids is 1. The molecule has 94 valence electrons. The lowest BCUT2D eigenvalue weighted by atomic mass is 10.0. The van der Waals surface area contributed by atoms with E-state index >= 15 is 0 Å². The Morgan fingerprint density at radius 1 is 1.35 bits per heavy atom. The summed E-state index contributed by atoms with van der Waals surface area (Å²) in [7, 11) is 0. The lowest BCUT2D eigenvalue weighted by Gasteiger charge is -2.10. The summed E-state index contributed by atoms with van der Waals surface area (Å²) in [5.74, 6) is 0.238. The van der Waals surface area contributed by atoms with Crippen LogP contribution in [0, 0.1) is 5.92 Å². The first kappa shape index (κ1) is 13.7. The Morgan fingerprint density at radius 3 is 2.41 bits per heavy atom. The second-order valence-electron chi connectivity index (χ2n) is 4.57. The molecule has 0 aliphatic heterocycles. The van der Waals surface area contributed by atoms with E-state index in [0.29, 0.717) is 11.6 Å². The van der Waals surface area contributed by atoms with Gasteiger partial charge in [-0.1, -0.05) is 26.0 Å². The first-order valence-corrected chi connectivity index (χ1v) is 5.79. The molecular formula is C13H20N2O2. The zero-order valence-electron chi connectivity index (χ0n) is 10.3. The molecule has 0 spiro atoms. The summed E-state index contributed by atoms with van der Waals surface area (Å²) in [4.78, 5) is 11.4. The van der Waals surface area contributed by atoms with Gasteiger partial charge in [0, 0.05) is 5.69 Å². The number of hydrogen-bond acceptors (Lipinski definition) is 3. The zero-order chi connectivity index (χ0) is 12.8. The smallest absolute Gasteiger partial charge is 0.243 e. The molecule has 0 bridgehead atoms. The summed E-state index contributed by atoms with van der Waals surface area (Å²) >= 11 is 0. The second kappa shape index (κ2) is 6.37. The van der Waals surface area contributed by atoms with E-state index in [1.807, 2.05) is 24.3 Å². The van der Waals surface area contributed by atoms with Gasteiger partial charge in [0.05, 0.1) is 6.61 Å². The van der Waals surface area contributed by atoms with Crippen LogP contribution >= 0.6 is 0 Å². The lowest BCUT2D eigenvalue weighted by Crippen LogP contribution is -2.38. The van der Waals surface area contributed by atoms with Crippen molar-refractivity contribution >= 4 is 11.6 Å². The number of anilines is 1. The molecule has 0 saturated carbocycles. The third-order valence-corrected chi connectivity index (χ3v) is 2.40. The minimum Gasteiger partial charge on any atom is -0.394 e. The maximum absolute atomic E-state index is 11.4. The van der Waals surface area contributed by atoms with Gasteiger partial charge in [0.15, 0.2) is 0 Å². The topological polar surface area (TPSA) is 75.4 Å². The molecule has 1 amide bonds. The fraction of sp³-hybridized carbons (Fsp3) is 0.462. The van der Waals surface area contributed by atoms with Gasteiger partial charge in [0.25, 0.3) is 0 Å². The Bertz CT molecular complexity index is 360. The van der Waals surface area contributed by atoms with Gasteiger partial charge in [-0.25, -0.2) is 0 Å². The maximum atomic E-state index is 11.4. The Balaban J connectivity index is 2.59. The molecule has 0 aliphatic rings. The number of benzene rings is 1. The van der Waals surface area contributed by atoms with Crippen LogP contribution < -0.4 is 11.1 Å². The summed E-state index contributed by atoms with van der Waals surface area (Å²) in [6.45, 7) is 3.98. The fourth-order valence-electron chi connectivity index (χ4n) is 1.51. The summed E-state index contributed by atoms with van der Waals surface area (Å²) in [5.41, 5.74) is 7.34. The van der Waals surface area contributed by atoms with Crippen LogP contribution in [0.25, 0.3) is 0 Å². The van der Waals surface area contributed by atoms with Crippen LogP contribution in [0.2, 0.25) is 0 Å². The molecular weight excluding hydrogens is 216 g/mol. The van der Waals surface area contributed by atoms with Crippen molar-refractivity contribution in [1.82, 2.24) is 0 Å². The molecule has 0 saturated heterocycles. The second-order valence-corrected chi connectivity index (χ2v) is 4.57. The molecule has 1 aromatic carbocycles. The summed E-state index contributed by atoms with van der Waals surface area (Å²) in [6.07, 6.45) is 1.02. The average Bonchev–Trinajstić information content (AvgIpc) is 2.30. The number of carbonyl (C=O) groups is 1. The predicted octanol–water partition coefficient (Wildman–Crippen LogP) is 1.14. The molecule has 0 unspecified atom stereocenters. The quantitative estimate of drug-likeness (QED) is 0.717. The van der Waals surface area contributed by atoms with Crippen LogP contribution in [0.3, 0.4) is 0 Å². The summed E-state index contributed by atoms with van der Waals surface area (Å²) < 4.78 is 0. The van der Waals surface area contributed by atoms with Gasteiger partial charge in [-0.15, -0.1) is 0 Å². The van der Waals surface area contributed by atoms with E-state index in [-0.39, 0.29) is 12.5 Å². The van der Waals surface area contributed by atoms with Crippen LogP contribution in [-0.2, 0) is 11.2 Å². The molecule has 0 heterocycles. The highest BCUT2D eigenvalue weighted by molar-refractivity contribution is 5.94. The van der Waals surface area contributed by atoms with Crippen molar-refractivity contribution in [3.05, 3.63) is 29.8 Å². The van der Waals surface area contributed by atoms with Crippen LogP contribution in [0.15, 0.2) is 24.3 Å². The molecule has 0 aliphatic carbocycles. The molecule has 17 heavy (non-hydrogen) atoms. The largest absolute Gasteiger partial charge is 0.394 e. The maximum Gasteiger partial charge on any atom is 0.243 e. The molecule has 1 rings (SSSR count). The van der Waals surface area contributed by atoms with Crippen molar-refractivity contribution in [3.63, 3.8) is 0 Å². The van der Waals surface area contributed by atoms with Gasteiger partial charge in [-0.3, -0.25) is 4.79 Å². The van der Waals surface area contributed by atoms with E-state index in [2.05, 4.69) is 19.2 Å². The Morgan fingerprint density at radius 2 is 1.94 bits per heavy atom. The van der Waals surface area contributed by atoms with Crippen molar-refractivity contribution < 1.29 is 9.90 Å². The first-order valence-electron chi connectivity index (χ1n) is 5.79. The Labute approximate surface area is 102 Å². The van der Waals surface area contributed by atoms with Crippen molar-refractivity contribution in [2.24, 2.45) is 11.7 Å². The normalized spacial score (nSPS) is 12.5. The Hall–Kier alpha value is -1.39. The van der Waals surface area contributed by atoms with Crippen molar-refractivity contribution in [1.29, 1.82) is 0 Å². The van der Waals surface area contributed by atoms with Crippen LogP contribution in [-0.4, -0.2) is 23.7 Å². The highest BCUT2D eigenvalue weighted by Crippen LogP contribution is 2.13. The van der Waals surface area contributed by atoms with E-state index in [1.54, 1.807) is 0 Å². The van der Waals surface area contributed by atoms with Gasteiger partial charge in [-0.05, 0) is 30.0 Å². The van der Waals surface area contributed by atoms with E-state index in [0.717, 1.165) is 6.42 Å². The van der Waals surface area contributed by atoms with Gasteiger partial charge in [0.2, 0.25) is 5.91 Å². The molecule has 1 aromatic rings. The number of nitrogens with two attached hydrogens (primary N) is 1. The van der Waals surface area contributed by atoms with Crippen LogP contribution in [0.1, 0.15) is 19.4 Å². The molecule has 4 N–H and O–H groups in total. The molecule has 0 aromatic heterocycles. The zero-order valence-corrected chi connectivity index (χ0v) is 10.3. The number of amides is 1. The molecule has 4 nitrogen and oxygen atoms in total. The lowest BCUT2D eigenvalue weighted by molar-refractivity contribution is -0.118. The minimum absolute atomic E-state index is 0.350. The van der Waals surface area contributed by atoms with Gasteiger partial charge in [-0.2, -0.15) is 0 Å². The van der Waals surface area contributed by atoms with Crippen molar-refractivity contribution in [2.45, 2.75) is 26.3 Å². The van der Waals surface area contributed by atoms with Gasteiger partial charge >= 0.3 is 0 Å². The SMILES string of the molecule is CC(C)Cc1ccc(NC(=O)[C@@H](N)CO)cc1. The van der Waals surface area contributed by atoms with Gasteiger partial charge < -0.3 is 16.2 Å². The third-order valence-electron chi connectivity index (χ3n) is 2.40. The predicted molar refractivity (Wildman–Crippen MR) is 68.7 cm³/mol. The first-order chi connectivity index (χ1) is 8.02. The summed E-state index contributed by atoms with van der Waals surface area (Å²) in [6, 6.07) is 6.80. The monoisotopic (exact) mass is 236 g/mol. The average molecular weight is 236 g/mol. The molecule has 0 fully saturated rings. The van der Waals surface area contributed by atoms with E-state index in [1.165, 1.54) is 5.56 Å². The summed E-state index contributed by atoms with van der Waals surface area (Å²) in [5, 5.41) is 11.4. The standard InChI is InChI=1S/C13H20N2O2/c1-9(2)7-10-3-5-11(6-4-10)15-13(17)12(14)8-16/h3-6,9,12,16H,7-8,14H2,1-2H3,(H,15,17)/t12-/m0/s1. The number of nitrogens with one attached hydrogen (secondary N) is 1. The van der Waals surface area contributed by atoms with Gasteiger partial charge in [0.1, 0.15) is 6.04 Å². The molecule has 0 radical (unpaired) electrons. The molecule has 1 atom stereocenters. The van der Waals surface area contributed by atoms with E-state index < -0.39 is 6.04 Å².